The van der Waals surface area contributed by atoms with Gasteiger partial charge >= 0.3 is 6.61 Å². The van der Waals surface area contributed by atoms with Crippen molar-refractivity contribution < 1.29 is 27.4 Å². The topological polar surface area (TPSA) is 29.1 Å². The second-order valence-corrected chi connectivity index (χ2v) is 7.35. The quantitative estimate of drug-likeness (QED) is 0.322. The van der Waals surface area contributed by atoms with Crippen molar-refractivity contribution in [2.45, 2.75) is 45.6 Å². The van der Waals surface area contributed by atoms with Crippen LogP contribution in [0.4, 0.5) is 17.6 Å². The maximum Gasteiger partial charge on any atom is 0.387 e. The summed E-state index contributed by atoms with van der Waals surface area (Å²) >= 11 is 0. The molecule has 0 atom stereocenters. The lowest BCUT2D eigenvalue weighted by Gasteiger charge is -2.12. The summed E-state index contributed by atoms with van der Waals surface area (Å²) < 4.78 is 58.3. The Kier molecular flexibility index (Phi) is 7.55. The molecule has 0 aliphatic heterocycles. The van der Waals surface area contributed by atoms with Crippen molar-refractivity contribution in [3.8, 4) is 22.6 Å². The Morgan fingerprint density at radius 1 is 0.871 bits per heavy atom. The van der Waals surface area contributed by atoms with E-state index in [9.17, 15) is 18.3 Å². The van der Waals surface area contributed by atoms with Gasteiger partial charge in [-0.25, -0.2) is 8.78 Å². The minimum absolute atomic E-state index is 0.0106. The van der Waals surface area contributed by atoms with E-state index in [2.05, 4.69) is 11.7 Å². The van der Waals surface area contributed by atoms with Gasteiger partial charge in [0.05, 0.1) is 5.56 Å². The number of benzene rings is 3. The minimum Gasteiger partial charge on any atom is -0.435 e. The molecule has 2 nitrogen and oxygen atoms in total. The van der Waals surface area contributed by atoms with Gasteiger partial charge in [0.15, 0.2) is 5.75 Å². The molecule has 0 N–H and O–H groups in total. The number of rotatable bonds is 9. The molecule has 163 valence electrons. The maximum atomic E-state index is 15.2. The van der Waals surface area contributed by atoms with E-state index in [1.54, 1.807) is 24.3 Å². The molecular weight excluding hydrogens is 408 g/mol. The summed E-state index contributed by atoms with van der Waals surface area (Å²) in [5, 5.41) is 12.3. The first-order valence-electron chi connectivity index (χ1n) is 10.2. The van der Waals surface area contributed by atoms with Gasteiger partial charge in [-0.05, 0) is 54.5 Å². The predicted molar refractivity (Wildman–Crippen MR) is 111 cm³/mol. The fourth-order valence-corrected chi connectivity index (χ4v) is 3.46. The fourth-order valence-electron chi connectivity index (χ4n) is 3.46. The Morgan fingerprint density at radius 2 is 1.48 bits per heavy atom. The second-order valence-electron chi connectivity index (χ2n) is 7.35. The predicted octanol–water partition coefficient (Wildman–Crippen LogP) is 7.50. The molecule has 3 aromatic carbocycles. The van der Waals surface area contributed by atoms with E-state index in [0.29, 0.717) is 11.1 Å². The van der Waals surface area contributed by atoms with Gasteiger partial charge < -0.3 is 4.74 Å². The Bertz CT molecular complexity index is 1000. The lowest BCUT2D eigenvalue weighted by atomic mass is 9.95. The normalized spacial score (nSPS) is 11.2. The molecule has 31 heavy (non-hydrogen) atoms. The van der Waals surface area contributed by atoms with Crippen LogP contribution in [0.3, 0.4) is 0 Å². The third kappa shape index (κ3) is 5.78. The monoisotopic (exact) mass is 431 g/mol. The summed E-state index contributed by atoms with van der Waals surface area (Å²) in [5.41, 5.74) is 1.91. The molecule has 1 radical (unpaired) electrons. The molecule has 0 bridgehead atoms. The highest BCUT2D eigenvalue weighted by Gasteiger charge is 2.21. The third-order valence-electron chi connectivity index (χ3n) is 5.15. The molecule has 3 aromatic rings. The highest BCUT2D eigenvalue weighted by atomic mass is 19.3. The van der Waals surface area contributed by atoms with Crippen molar-refractivity contribution >= 4 is 0 Å². The van der Waals surface area contributed by atoms with Crippen molar-refractivity contribution in [3.05, 3.63) is 82.9 Å². The van der Waals surface area contributed by atoms with Crippen LogP contribution in [0.5, 0.6) is 11.5 Å². The Labute approximate surface area is 179 Å². The van der Waals surface area contributed by atoms with Crippen LogP contribution in [0.25, 0.3) is 11.1 Å². The molecule has 0 aliphatic carbocycles. The highest BCUT2D eigenvalue weighted by molar-refractivity contribution is 5.72. The van der Waals surface area contributed by atoms with E-state index in [4.69, 9.17) is 0 Å². The average Bonchev–Trinajstić information content (AvgIpc) is 2.73. The second kappa shape index (κ2) is 10.3. The summed E-state index contributed by atoms with van der Waals surface area (Å²) in [5.74, 6) is -2.43. The number of hydrogen-bond donors (Lipinski definition) is 0. The van der Waals surface area contributed by atoms with Crippen molar-refractivity contribution in [2.75, 3.05) is 0 Å². The first-order valence-corrected chi connectivity index (χ1v) is 10.2. The number of alkyl halides is 2. The van der Waals surface area contributed by atoms with Crippen LogP contribution in [0.1, 0.15) is 36.5 Å². The van der Waals surface area contributed by atoms with Gasteiger partial charge in [0.2, 0.25) is 0 Å². The molecule has 0 fully saturated rings. The Morgan fingerprint density at radius 3 is 2.10 bits per heavy atom. The zero-order chi connectivity index (χ0) is 22.4. The molecule has 0 unspecified atom stereocenters. The van der Waals surface area contributed by atoms with Crippen LogP contribution >= 0.6 is 0 Å². The van der Waals surface area contributed by atoms with Crippen LogP contribution < -0.4 is 4.74 Å². The number of unbranched alkanes of at least 4 members (excludes halogenated alkanes) is 1. The molecule has 0 heterocycles. The van der Waals surface area contributed by atoms with E-state index < -0.39 is 24.0 Å². The molecule has 0 amide bonds. The number of hydrogen-bond acceptors (Lipinski definition) is 1. The van der Waals surface area contributed by atoms with E-state index >= 15 is 4.39 Å². The van der Waals surface area contributed by atoms with Crippen LogP contribution in [0, 0.1) is 11.6 Å². The van der Waals surface area contributed by atoms with Gasteiger partial charge in [0.1, 0.15) is 17.4 Å². The van der Waals surface area contributed by atoms with Gasteiger partial charge in [-0.3, -0.25) is 5.11 Å². The molecule has 0 saturated carbocycles. The molecule has 6 heteroatoms. The summed E-state index contributed by atoms with van der Waals surface area (Å²) in [6.07, 6.45) is 3.30. The average molecular weight is 431 g/mol. The van der Waals surface area contributed by atoms with E-state index in [1.807, 2.05) is 12.1 Å². The van der Waals surface area contributed by atoms with Crippen LogP contribution in [-0.4, -0.2) is 6.61 Å². The maximum absolute atomic E-state index is 15.2. The van der Waals surface area contributed by atoms with Gasteiger partial charge in [0.25, 0.3) is 0 Å². The van der Waals surface area contributed by atoms with Gasteiger partial charge in [-0.2, -0.15) is 8.78 Å². The lowest BCUT2D eigenvalue weighted by Crippen LogP contribution is -2.03. The summed E-state index contributed by atoms with van der Waals surface area (Å²) in [7, 11) is 0. The van der Waals surface area contributed by atoms with E-state index in [1.165, 1.54) is 12.1 Å². The van der Waals surface area contributed by atoms with E-state index in [-0.39, 0.29) is 29.7 Å². The smallest absolute Gasteiger partial charge is 0.387 e. The van der Waals surface area contributed by atoms with Gasteiger partial charge in [-0.1, -0.05) is 49.7 Å². The third-order valence-corrected chi connectivity index (χ3v) is 5.15. The zero-order valence-electron chi connectivity index (χ0n) is 17.1. The fraction of sp³-hybridized carbons (Fsp3) is 0.280. The van der Waals surface area contributed by atoms with Gasteiger partial charge in [0, 0.05) is 11.6 Å². The van der Waals surface area contributed by atoms with Crippen LogP contribution in [-0.2, 0) is 24.4 Å². The molecule has 0 aromatic heterocycles. The number of halogens is 4. The molecule has 0 saturated heterocycles. The standard InChI is InChI=1S/C25H23F4O2/c1-2-3-4-16-5-10-18(11-6-16)23-22(30)15-21(26)20(24(23)27)14-9-17-7-12-19(13-8-17)31-25(28)29/h5-8,10-13,15,25H,2-4,9,14H2,1H3. The van der Waals surface area contributed by atoms with Crippen molar-refractivity contribution in [1.82, 2.24) is 0 Å². The molecule has 0 aliphatic rings. The van der Waals surface area contributed by atoms with Crippen molar-refractivity contribution in [3.63, 3.8) is 0 Å². The summed E-state index contributed by atoms with van der Waals surface area (Å²) in [4.78, 5) is 0. The van der Waals surface area contributed by atoms with Crippen LogP contribution in [0.2, 0.25) is 0 Å². The molecule has 3 rings (SSSR count). The zero-order valence-corrected chi connectivity index (χ0v) is 17.1. The van der Waals surface area contributed by atoms with E-state index in [0.717, 1.165) is 30.9 Å². The number of aryl methyl sites for hydroxylation is 2. The Balaban J connectivity index is 1.80. The minimum atomic E-state index is -2.92. The van der Waals surface area contributed by atoms with Crippen molar-refractivity contribution in [2.24, 2.45) is 0 Å². The largest absolute Gasteiger partial charge is 0.435 e. The SMILES string of the molecule is CCCCc1ccc(-c2c([O])cc(F)c(CCc3ccc(OC(F)F)cc3)c2F)cc1. The highest BCUT2D eigenvalue weighted by Crippen LogP contribution is 2.36. The first kappa shape index (κ1) is 22.7. The van der Waals surface area contributed by atoms with Gasteiger partial charge in [-0.15, -0.1) is 0 Å². The summed E-state index contributed by atoms with van der Waals surface area (Å²) in [6.45, 7) is -0.822. The lowest BCUT2D eigenvalue weighted by molar-refractivity contribution is -0.0498. The molecule has 0 spiro atoms. The van der Waals surface area contributed by atoms with Crippen molar-refractivity contribution in [1.29, 1.82) is 0 Å². The Hall–Kier alpha value is -3.02. The van der Waals surface area contributed by atoms with Crippen LogP contribution in [0.15, 0.2) is 54.6 Å². The first-order chi connectivity index (χ1) is 14.9. The molecular formula is C25H23F4O2. The summed E-state index contributed by atoms with van der Waals surface area (Å²) in [6, 6.07) is 13.8. The number of ether oxygens (including phenoxy) is 1.